The second-order valence-electron chi connectivity index (χ2n) is 6.15. The van der Waals surface area contributed by atoms with Crippen molar-refractivity contribution in [3.05, 3.63) is 54.1 Å². The Kier molecular flexibility index (Phi) is 5.74. The second-order valence-corrected chi connectivity index (χ2v) is 6.54. The van der Waals surface area contributed by atoms with Gasteiger partial charge in [0.1, 0.15) is 5.75 Å². The van der Waals surface area contributed by atoms with Gasteiger partial charge in [-0.1, -0.05) is 18.2 Å². The van der Waals surface area contributed by atoms with Crippen LogP contribution in [0.2, 0.25) is 0 Å². The first-order valence-electron chi connectivity index (χ1n) is 8.49. The summed E-state index contributed by atoms with van der Waals surface area (Å²) in [6, 6.07) is 12.9. The van der Waals surface area contributed by atoms with Crippen LogP contribution in [0.5, 0.6) is 5.75 Å². The van der Waals surface area contributed by atoms with Crippen LogP contribution in [0.3, 0.4) is 0 Å². The molecule has 0 atom stereocenters. The SMILES string of the molecule is COc1ccccc1NC(=S)N1CCN(c2cccc(C(F)(F)F)c2)CC1. The maximum absolute atomic E-state index is 12.9. The van der Waals surface area contributed by atoms with Crippen LogP contribution < -0.4 is 15.0 Å². The van der Waals surface area contributed by atoms with Crippen LogP contribution in [-0.4, -0.2) is 43.3 Å². The van der Waals surface area contributed by atoms with Crippen LogP contribution >= 0.6 is 12.2 Å². The van der Waals surface area contributed by atoms with Gasteiger partial charge in [0, 0.05) is 31.9 Å². The summed E-state index contributed by atoms with van der Waals surface area (Å²) >= 11 is 5.48. The van der Waals surface area contributed by atoms with Crippen molar-refractivity contribution in [3.63, 3.8) is 0 Å². The molecule has 1 N–H and O–H groups in total. The first kappa shape index (κ1) is 19.3. The van der Waals surface area contributed by atoms with Crippen LogP contribution in [0.25, 0.3) is 0 Å². The van der Waals surface area contributed by atoms with E-state index < -0.39 is 11.7 Å². The molecule has 8 heteroatoms. The smallest absolute Gasteiger partial charge is 0.416 e. The Morgan fingerprint density at radius 1 is 1.04 bits per heavy atom. The molecule has 1 fully saturated rings. The van der Waals surface area contributed by atoms with E-state index in [0.717, 1.165) is 11.8 Å². The lowest BCUT2D eigenvalue weighted by Crippen LogP contribution is -2.50. The number of hydrogen-bond acceptors (Lipinski definition) is 3. The fourth-order valence-electron chi connectivity index (χ4n) is 2.99. The summed E-state index contributed by atoms with van der Waals surface area (Å²) in [6.45, 7) is 2.43. The summed E-state index contributed by atoms with van der Waals surface area (Å²) in [4.78, 5) is 3.95. The molecule has 4 nitrogen and oxygen atoms in total. The van der Waals surface area contributed by atoms with Crippen LogP contribution in [0, 0.1) is 0 Å². The topological polar surface area (TPSA) is 27.7 Å². The van der Waals surface area contributed by atoms with E-state index in [1.54, 1.807) is 13.2 Å². The molecule has 0 bridgehead atoms. The average Bonchev–Trinajstić information content (AvgIpc) is 2.68. The van der Waals surface area contributed by atoms with E-state index >= 15 is 0 Å². The molecule has 1 heterocycles. The highest BCUT2D eigenvalue weighted by atomic mass is 32.1. The van der Waals surface area contributed by atoms with Gasteiger partial charge in [0.05, 0.1) is 18.4 Å². The van der Waals surface area contributed by atoms with Gasteiger partial charge in [0.25, 0.3) is 0 Å². The van der Waals surface area contributed by atoms with Gasteiger partial charge >= 0.3 is 6.18 Å². The first-order valence-corrected chi connectivity index (χ1v) is 8.90. The molecule has 1 aliphatic rings. The lowest BCUT2D eigenvalue weighted by molar-refractivity contribution is -0.137. The standard InChI is InChI=1S/C19H20F3N3OS/c1-26-17-8-3-2-7-16(17)23-18(27)25-11-9-24(10-12-25)15-6-4-5-14(13-15)19(20,21)22/h2-8,13H,9-12H2,1H3,(H,23,27). The fraction of sp³-hybridized carbons (Fsp3) is 0.316. The van der Waals surface area contributed by atoms with Gasteiger partial charge in [0.15, 0.2) is 5.11 Å². The normalized spacial score (nSPS) is 14.8. The number of anilines is 2. The molecular weight excluding hydrogens is 375 g/mol. The number of nitrogens with zero attached hydrogens (tertiary/aromatic N) is 2. The highest BCUT2D eigenvalue weighted by Gasteiger charge is 2.31. The van der Waals surface area contributed by atoms with E-state index in [9.17, 15) is 13.2 Å². The lowest BCUT2D eigenvalue weighted by Gasteiger charge is -2.37. The zero-order valence-corrected chi connectivity index (χ0v) is 15.6. The fourth-order valence-corrected chi connectivity index (χ4v) is 3.28. The number of thiocarbonyl (C=S) groups is 1. The number of halogens is 3. The van der Waals surface area contributed by atoms with Crippen molar-refractivity contribution in [2.24, 2.45) is 0 Å². The van der Waals surface area contributed by atoms with E-state index in [1.165, 1.54) is 12.1 Å². The van der Waals surface area contributed by atoms with E-state index in [4.69, 9.17) is 17.0 Å². The lowest BCUT2D eigenvalue weighted by atomic mass is 10.1. The third kappa shape index (κ3) is 4.63. The maximum atomic E-state index is 12.9. The van der Waals surface area contributed by atoms with Gasteiger partial charge in [-0.2, -0.15) is 13.2 Å². The monoisotopic (exact) mass is 395 g/mol. The highest BCUT2D eigenvalue weighted by molar-refractivity contribution is 7.80. The van der Waals surface area contributed by atoms with Gasteiger partial charge in [-0.25, -0.2) is 0 Å². The molecule has 1 saturated heterocycles. The zero-order chi connectivity index (χ0) is 19.4. The number of rotatable bonds is 3. The van der Waals surface area contributed by atoms with E-state index in [2.05, 4.69) is 5.32 Å². The zero-order valence-electron chi connectivity index (χ0n) is 14.8. The molecule has 0 spiro atoms. The molecule has 0 saturated carbocycles. The number of hydrogen-bond donors (Lipinski definition) is 1. The van der Waals surface area contributed by atoms with Crippen molar-refractivity contribution in [2.45, 2.75) is 6.18 Å². The van der Waals surface area contributed by atoms with Crippen molar-refractivity contribution in [3.8, 4) is 5.75 Å². The van der Waals surface area contributed by atoms with Crippen molar-refractivity contribution in [1.82, 2.24) is 4.90 Å². The molecule has 2 aromatic rings. The Morgan fingerprint density at radius 3 is 2.41 bits per heavy atom. The summed E-state index contributed by atoms with van der Waals surface area (Å²) in [5.41, 5.74) is 0.731. The van der Waals surface area contributed by atoms with Crippen molar-refractivity contribution < 1.29 is 17.9 Å². The molecular formula is C19H20F3N3OS. The third-order valence-electron chi connectivity index (χ3n) is 4.45. The quantitative estimate of drug-likeness (QED) is 0.785. The number of para-hydroxylation sites is 2. The predicted octanol–water partition coefficient (Wildman–Crippen LogP) is 4.23. The molecule has 0 amide bonds. The number of methoxy groups -OCH3 is 1. The summed E-state index contributed by atoms with van der Waals surface area (Å²) < 4.78 is 44.0. The molecule has 0 aromatic heterocycles. The van der Waals surface area contributed by atoms with Crippen LogP contribution in [0.4, 0.5) is 24.5 Å². The average molecular weight is 395 g/mol. The second kappa shape index (κ2) is 8.04. The maximum Gasteiger partial charge on any atom is 0.416 e. The summed E-state index contributed by atoms with van der Waals surface area (Å²) in [6.07, 6.45) is -4.34. The molecule has 3 rings (SSSR count). The van der Waals surface area contributed by atoms with Gasteiger partial charge in [-0.05, 0) is 42.5 Å². The molecule has 27 heavy (non-hydrogen) atoms. The van der Waals surface area contributed by atoms with Crippen LogP contribution in [0.1, 0.15) is 5.56 Å². The largest absolute Gasteiger partial charge is 0.495 e. The Labute approximate surface area is 161 Å². The van der Waals surface area contributed by atoms with Crippen LogP contribution in [0.15, 0.2) is 48.5 Å². The number of benzene rings is 2. The first-order chi connectivity index (χ1) is 12.9. The minimum atomic E-state index is -4.34. The summed E-state index contributed by atoms with van der Waals surface area (Å²) in [5, 5.41) is 3.75. The van der Waals surface area contributed by atoms with Gasteiger partial charge in [-0.15, -0.1) is 0 Å². The molecule has 0 unspecified atom stereocenters. The summed E-state index contributed by atoms with van der Waals surface area (Å²) in [5.74, 6) is 0.697. The number of ether oxygens (including phenoxy) is 1. The van der Waals surface area contributed by atoms with Gasteiger partial charge < -0.3 is 19.9 Å². The summed E-state index contributed by atoms with van der Waals surface area (Å²) in [7, 11) is 1.59. The Morgan fingerprint density at radius 2 is 1.74 bits per heavy atom. The van der Waals surface area contributed by atoms with E-state index in [0.29, 0.717) is 42.7 Å². The number of alkyl halides is 3. The highest BCUT2D eigenvalue weighted by Crippen LogP contribution is 2.32. The van der Waals surface area contributed by atoms with Crippen molar-refractivity contribution in [1.29, 1.82) is 0 Å². The minimum absolute atomic E-state index is 0.572. The third-order valence-corrected chi connectivity index (χ3v) is 4.81. The Bertz CT molecular complexity index is 805. The van der Waals surface area contributed by atoms with Crippen molar-refractivity contribution in [2.75, 3.05) is 43.5 Å². The predicted molar refractivity (Wildman–Crippen MR) is 104 cm³/mol. The molecule has 0 radical (unpaired) electrons. The van der Waals surface area contributed by atoms with Crippen LogP contribution in [-0.2, 0) is 6.18 Å². The minimum Gasteiger partial charge on any atom is -0.495 e. The van der Waals surface area contributed by atoms with Crippen molar-refractivity contribution >= 4 is 28.7 Å². The molecule has 1 aliphatic heterocycles. The molecule has 144 valence electrons. The van der Waals surface area contributed by atoms with Gasteiger partial charge in [0.2, 0.25) is 0 Å². The molecule has 2 aromatic carbocycles. The Balaban J connectivity index is 1.61. The van der Waals surface area contributed by atoms with Gasteiger partial charge in [-0.3, -0.25) is 0 Å². The van der Waals surface area contributed by atoms with E-state index in [1.807, 2.05) is 34.1 Å². The van der Waals surface area contributed by atoms with E-state index in [-0.39, 0.29) is 0 Å². The molecule has 0 aliphatic carbocycles. The Hall–Kier alpha value is -2.48. The number of nitrogens with one attached hydrogen (secondary N) is 1. The number of piperazine rings is 1.